The second kappa shape index (κ2) is 7.10. The number of hydrogen-bond donors (Lipinski definition) is 2. The smallest absolute Gasteiger partial charge is 0.291 e. The molecule has 120 valence electrons. The monoisotopic (exact) mass is 323 g/mol. The molecule has 0 saturated heterocycles. The van der Waals surface area contributed by atoms with Gasteiger partial charge in [0.05, 0.1) is 12.5 Å². The second-order valence-corrected chi connectivity index (χ2v) is 4.67. The lowest BCUT2D eigenvalue weighted by Crippen LogP contribution is -2.30. The average molecular weight is 323 g/mol. The molecule has 7 nitrogen and oxygen atoms in total. The number of rotatable bonds is 5. The van der Waals surface area contributed by atoms with Crippen LogP contribution in [0.5, 0.6) is 0 Å². The summed E-state index contributed by atoms with van der Waals surface area (Å²) >= 11 is 0. The first-order valence-corrected chi connectivity index (χ1v) is 7.05. The highest BCUT2D eigenvalue weighted by molar-refractivity contribution is 6.09. The Balaban J connectivity index is 1.82. The van der Waals surface area contributed by atoms with Gasteiger partial charge in [0.15, 0.2) is 5.76 Å². The summed E-state index contributed by atoms with van der Waals surface area (Å²) in [4.78, 5) is 28.6. The fraction of sp³-hybridized carbons (Fsp3) is 0. The van der Waals surface area contributed by atoms with Crippen LogP contribution in [0.2, 0.25) is 0 Å². The van der Waals surface area contributed by atoms with Crippen LogP contribution in [-0.2, 0) is 4.79 Å². The summed E-state index contributed by atoms with van der Waals surface area (Å²) in [5, 5.41) is 5.11. The van der Waals surface area contributed by atoms with Gasteiger partial charge in [0.25, 0.3) is 11.8 Å². The zero-order valence-corrected chi connectivity index (χ0v) is 12.4. The van der Waals surface area contributed by atoms with Crippen molar-refractivity contribution < 1.29 is 18.4 Å². The molecule has 24 heavy (non-hydrogen) atoms. The second-order valence-electron chi connectivity index (χ2n) is 4.67. The Morgan fingerprint density at radius 3 is 2.50 bits per heavy atom. The van der Waals surface area contributed by atoms with Gasteiger partial charge in [0.1, 0.15) is 17.3 Å². The Labute approximate surface area is 137 Å². The molecule has 3 aromatic heterocycles. The molecule has 0 radical (unpaired) electrons. The fourth-order valence-electron chi connectivity index (χ4n) is 1.89. The molecule has 0 unspecified atom stereocenters. The maximum atomic E-state index is 12.4. The van der Waals surface area contributed by atoms with Gasteiger partial charge in [-0.05, 0) is 36.4 Å². The predicted molar refractivity (Wildman–Crippen MR) is 85.7 cm³/mol. The van der Waals surface area contributed by atoms with Gasteiger partial charge in [-0.25, -0.2) is 4.98 Å². The molecular formula is C17H13N3O4. The first-order chi connectivity index (χ1) is 11.7. The maximum Gasteiger partial charge on any atom is 0.291 e. The van der Waals surface area contributed by atoms with Crippen molar-refractivity contribution in [3.05, 3.63) is 78.4 Å². The highest BCUT2D eigenvalue weighted by Gasteiger charge is 2.17. The number of carbonyl (C=O) groups is 2. The number of pyridine rings is 1. The number of carbonyl (C=O) groups excluding carboxylic acids is 2. The minimum absolute atomic E-state index is 0.00277. The Hall–Kier alpha value is -3.61. The third-order valence-corrected chi connectivity index (χ3v) is 2.97. The van der Waals surface area contributed by atoms with Gasteiger partial charge in [-0.15, -0.1) is 0 Å². The molecule has 0 aliphatic rings. The fourth-order valence-corrected chi connectivity index (χ4v) is 1.89. The van der Waals surface area contributed by atoms with Crippen LogP contribution in [0.15, 0.2) is 75.7 Å². The summed E-state index contributed by atoms with van der Waals surface area (Å²) < 4.78 is 10.2. The topological polar surface area (TPSA) is 97.4 Å². The van der Waals surface area contributed by atoms with Gasteiger partial charge >= 0.3 is 0 Å². The van der Waals surface area contributed by atoms with Crippen molar-refractivity contribution in [2.45, 2.75) is 0 Å². The van der Waals surface area contributed by atoms with Crippen LogP contribution in [0.3, 0.4) is 0 Å². The molecule has 2 amide bonds. The zero-order valence-electron chi connectivity index (χ0n) is 12.4. The number of nitrogens with one attached hydrogen (secondary N) is 2. The lowest BCUT2D eigenvalue weighted by Gasteiger charge is -2.09. The summed E-state index contributed by atoms with van der Waals surface area (Å²) in [5.41, 5.74) is -0.00277. The van der Waals surface area contributed by atoms with E-state index in [2.05, 4.69) is 15.6 Å². The van der Waals surface area contributed by atoms with E-state index in [1.807, 2.05) is 0 Å². The predicted octanol–water partition coefficient (Wildman–Crippen LogP) is 2.68. The highest BCUT2D eigenvalue weighted by atomic mass is 16.3. The van der Waals surface area contributed by atoms with Gasteiger partial charge in [0.2, 0.25) is 0 Å². The van der Waals surface area contributed by atoms with Crippen LogP contribution in [0, 0.1) is 0 Å². The number of aromatic nitrogens is 1. The van der Waals surface area contributed by atoms with E-state index in [4.69, 9.17) is 8.83 Å². The van der Waals surface area contributed by atoms with Crippen LogP contribution in [0.25, 0.3) is 6.08 Å². The molecule has 3 heterocycles. The molecular weight excluding hydrogens is 310 g/mol. The van der Waals surface area contributed by atoms with E-state index in [1.54, 1.807) is 42.6 Å². The largest absolute Gasteiger partial charge is 0.465 e. The normalized spacial score (nSPS) is 11.1. The minimum atomic E-state index is -0.547. The van der Waals surface area contributed by atoms with Crippen LogP contribution in [0.1, 0.15) is 16.3 Å². The molecule has 2 N–H and O–H groups in total. The Kier molecular flexibility index (Phi) is 4.52. The van der Waals surface area contributed by atoms with Crippen LogP contribution >= 0.6 is 0 Å². The summed E-state index contributed by atoms with van der Waals surface area (Å²) in [6, 6.07) is 11.5. The molecule has 0 aromatic carbocycles. The maximum absolute atomic E-state index is 12.4. The third kappa shape index (κ3) is 3.77. The van der Waals surface area contributed by atoms with E-state index < -0.39 is 11.8 Å². The van der Waals surface area contributed by atoms with E-state index in [0.29, 0.717) is 11.6 Å². The molecule has 0 aliphatic carbocycles. The highest BCUT2D eigenvalue weighted by Crippen LogP contribution is 2.10. The molecule has 0 fully saturated rings. The molecule has 0 saturated carbocycles. The summed E-state index contributed by atoms with van der Waals surface area (Å²) in [6.45, 7) is 0. The minimum Gasteiger partial charge on any atom is -0.465 e. The van der Waals surface area contributed by atoms with Crippen LogP contribution in [0.4, 0.5) is 5.82 Å². The van der Waals surface area contributed by atoms with Gasteiger partial charge in [-0.3, -0.25) is 9.59 Å². The molecule has 0 aliphatic heterocycles. The van der Waals surface area contributed by atoms with Crippen molar-refractivity contribution in [3.63, 3.8) is 0 Å². The molecule has 7 heteroatoms. The number of furan rings is 2. The summed E-state index contributed by atoms with van der Waals surface area (Å²) in [7, 11) is 0. The Morgan fingerprint density at radius 1 is 1.00 bits per heavy atom. The SMILES string of the molecule is O=C(Nc1ccccn1)C(=Cc1ccco1)NC(=O)c1ccco1. The standard InChI is InChI=1S/C17H13N3O4/c21-16(20-15-7-1-2-8-18-15)13(11-12-5-3-9-23-12)19-17(22)14-6-4-10-24-14/h1-11H,(H,19,22)(H,18,20,21). The van der Waals surface area contributed by atoms with E-state index in [9.17, 15) is 9.59 Å². The van der Waals surface area contributed by atoms with Crippen LogP contribution in [-0.4, -0.2) is 16.8 Å². The van der Waals surface area contributed by atoms with Crippen molar-refractivity contribution in [1.82, 2.24) is 10.3 Å². The molecule has 0 bridgehead atoms. The van der Waals surface area contributed by atoms with Crippen molar-refractivity contribution in [2.75, 3.05) is 5.32 Å². The molecule has 0 spiro atoms. The molecule has 3 aromatic rings. The number of hydrogen-bond acceptors (Lipinski definition) is 5. The van der Waals surface area contributed by atoms with Crippen molar-refractivity contribution >= 4 is 23.7 Å². The molecule has 0 atom stereocenters. The van der Waals surface area contributed by atoms with Gasteiger partial charge < -0.3 is 19.5 Å². The zero-order chi connectivity index (χ0) is 16.8. The van der Waals surface area contributed by atoms with E-state index in [-0.39, 0.29) is 11.5 Å². The Bertz CT molecular complexity index is 837. The van der Waals surface area contributed by atoms with Gasteiger partial charge in [-0.2, -0.15) is 0 Å². The number of nitrogens with zero attached hydrogens (tertiary/aromatic N) is 1. The van der Waals surface area contributed by atoms with E-state index in [0.717, 1.165) is 0 Å². The molecule has 3 rings (SSSR count). The summed E-state index contributed by atoms with van der Waals surface area (Å²) in [6.07, 6.45) is 5.80. The van der Waals surface area contributed by atoms with Crippen molar-refractivity contribution in [3.8, 4) is 0 Å². The van der Waals surface area contributed by atoms with E-state index >= 15 is 0 Å². The average Bonchev–Trinajstić information content (AvgIpc) is 3.29. The Morgan fingerprint density at radius 2 is 1.83 bits per heavy atom. The summed E-state index contributed by atoms with van der Waals surface area (Å²) in [5.74, 6) is -0.217. The number of anilines is 1. The van der Waals surface area contributed by atoms with Gasteiger partial charge in [-0.1, -0.05) is 6.07 Å². The van der Waals surface area contributed by atoms with Gasteiger partial charge in [0, 0.05) is 12.3 Å². The quantitative estimate of drug-likeness (QED) is 0.704. The first-order valence-electron chi connectivity index (χ1n) is 7.05. The van der Waals surface area contributed by atoms with Crippen molar-refractivity contribution in [2.24, 2.45) is 0 Å². The lowest BCUT2D eigenvalue weighted by atomic mass is 10.3. The first kappa shape index (κ1) is 15.3. The van der Waals surface area contributed by atoms with Crippen molar-refractivity contribution in [1.29, 1.82) is 0 Å². The number of amides is 2. The van der Waals surface area contributed by atoms with Crippen LogP contribution < -0.4 is 10.6 Å². The lowest BCUT2D eigenvalue weighted by molar-refractivity contribution is -0.113. The third-order valence-electron chi connectivity index (χ3n) is 2.97. The van der Waals surface area contributed by atoms with E-state index in [1.165, 1.54) is 24.7 Å².